The average molecular weight is 637 g/mol. The van der Waals surface area contributed by atoms with Crippen LogP contribution in [0.15, 0.2) is 72.8 Å². The monoisotopic (exact) mass is 635 g/mol. The molecule has 41 heavy (non-hydrogen) atoms. The summed E-state index contributed by atoms with van der Waals surface area (Å²) in [6.07, 6.45) is 5.07. The van der Waals surface area contributed by atoms with E-state index in [0.717, 1.165) is 47.4 Å². The third-order valence-electron chi connectivity index (χ3n) is 7.12. The molecule has 0 unspecified atom stereocenters. The number of sulfonamides is 1. The number of nitrogens with zero attached hydrogens (tertiary/aromatic N) is 2. The number of hydrogen-bond acceptors (Lipinski definition) is 4. The first kappa shape index (κ1) is 31.2. The second kappa shape index (κ2) is 13.9. The smallest absolute Gasteiger partial charge is 0.244 e. The van der Waals surface area contributed by atoms with E-state index < -0.39 is 28.5 Å². The van der Waals surface area contributed by atoms with Crippen LogP contribution in [0.25, 0.3) is 0 Å². The fourth-order valence-electron chi connectivity index (χ4n) is 4.99. The van der Waals surface area contributed by atoms with Crippen molar-refractivity contribution in [1.82, 2.24) is 10.2 Å². The van der Waals surface area contributed by atoms with Crippen molar-refractivity contribution in [1.29, 1.82) is 0 Å². The average Bonchev–Trinajstić information content (AvgIpc) is 3.45. The van der Waals surface area contributed by atoms with Crippen LogP contribution >= 0.6 is 34.8 Å². The molecule has 3 aromatic carbocycles. The Labute approximate surface area is 256 Å². The molecule has 0 aliphatic heterocycles. The van der Waals surface area contributed by atoms with E-state index in [1.807, 2.05) is 30.3 Å². The summed E-state index contributed by atoms with van der Waals surface area (Å²) in [5, 5.41) is 3.83. The molecular formula is C30H32Cl3N3O4S. The van der Waals surface area contributed by atoms with Gasteiger partial charge in [0.05, 0.1) is 22.0 Å². The van der Waals surface area contributed by atoms with Gasteiger partial charge in [0.25, 0.3) is 0 Å². The molecule has 0 aromatic heterocycles. The quantitative estimate of drug-likeness (QED) is 0.275. The molecule has 0 heterocycles. The predicted octanol–water partition coefficient (Wildman–Crippen LogP) is 6.11. The highest BCUT2D eigenvalue weighted by Crippen LogP contribution is 2.34. The lowest BCUT2D eigenvalue weighted by atomic mass is 10.0. The number of nitrogens with one attached hydrogen (secondary N) is 1. The molecule has 218 valence electrons. The van der Waals surface area contributed by atoms with Gasteiger partial charge >= 0.3 is 0 Å². The van der Waals surface area contributed by atoms with Gasteiger partial charge in [0.1, 0.15) is 12.6 Å². The topological polar surface area (TPSA) is 86.8 Å². The van der Waals surface area contributed by atoms with Crippen LogP contribution < -0.4 is 9.62 Å². The van der Waals surface area contributed by atoms with Crippen LogP contribution in [-0.2, 0) is 32.6 Å². The Bertz CT molecular complexity index is 1460. The number of amides is 2. The Morgan fingerprint density at radius 2 is 1.56 bits per heavy atom. The second-order valence-electron chi connectivity index (χ2n) is 10.2. The number of rotatable bonds is 11. The molecule has 11 heteroatoms. The number of hydrogen-bond donors (Lipinski definition) is 1. The second-order valence-corrected chi connectivity index (χ2v) is 13.3. The largest absolute Gasteiger partial charge is 0.352 e. The Kier molecular flexibility index (Phi) is 10.6. The predicted molar refractivity (Wildman–Crippen MR) is 165 cm³/mol. The molecule has 1 saturated carbocycles. The Balaban J connectivity index is 1.74. The third-order valence-corrected chi connectivity index (χ3v) is 9.31. The third kappa shape index (κ3) is 8.38. The molecule has 1 aliphatic rings. The molecule has 3 aromatic rings. The molecule has 2 amide bonds. The van der Waals surface area contributed by atoms with Crippen molar-refractivity contribution in [2.24, 2.45) is 0 Å². The lowest BCUT2D eigenvalue weighted by Gasteiger charge is -2.34. The highest BCUT2D eigenvalue weighted by Gasteiger charge is 2.34. The summed E-state index contributed by atoms with van der Waals surface area (Å²) in [6, 6.07) is 20.1. The van der Waals surface area contributed by atoms with Crippen LogP contribution in [0.2, 0.25) is 15.1 Å². The minimum absolute atomic E-state index is 0.0106. The van der Waals surface area contributed by atoms with E-state index in [4.69, 9.17) is 34.8 Å². The molecule has 0 saturated heterocycles. The van der Waals surface area contributed by atoms with Crippen LogP contribution in [0.1, 0.15) is 36.8 Å². The van der Waals surface area contributed by atoms with Crippen LogP contribution in [0.5, 0.6) is 0 Å². The molecule has 0 radical (unpaired) electrons. The lowest BCUT2D eigenvalue weighted by molar-refractivity contribution is -0.140. The van der Waals surface area contributed by atoms with Gasteiger partial charge in [-0.15, -0.1) is 0 Å². The standard InChI is InChI=1S/C30H32Cl3N3O4S/c1-41(39,40)36(26-13-7-12-25(32)29(26)33)20-28(37)35(19-22-14-16-23(31)17-15-22)27(18-21-8-3-2-4-9-21)30(38)34-24-10-5-6-11-24/h2-4,7-9,12-17,24,27H,5-6,10-11,18-20H2,1H3,(H,34,38)/t27-/m0/s1. The zero-order valence-electron chi connectivity index (χ0n) is 22.6. The fraction of sp³-hybridized carbons (Fsp3) is 0.333. The van der Waals surface area contributed by atoms with Crippen LogP contribution in [-0.4, -0.2) is 50.0 Å². The Morgan fingerprint density at radius 1 is 0.902 bits per heavy atom. The van der Waals surface area contributed by atoms with Gasteiger partial charge in [-0.2, -0.15) is 0 Å². The van der Waals surface area contributed by atoms with E-state index in [0.29, 0.717) is 5.02 Å². The van der Waals surface area contributed by atoms with Gasteiger partial charge in [-0.1, -0.05) is 96.2 Å². The molecule has 1 N–H and O–H groups in total. The Hall–Kier alpha value is -2.78. The maximum atomic E-state index is 14.2. The van der Waals surface area contributed by atoms with Gasteiger partial charge in [-0.3, -0.25) is 13.9 Å². The summed E-state index contributed by atoms with van der Waals surface area (Å²) >= 11 is 18.7. The minimum atomic E-state index is -3.96. The van der Waals surface area contributed by atoms with E-state index in [9.17, 15) is 18.0 Å². The maximum absolute atomic E-state index is 14.2. The van der Waals surface area contributed by atoms with E-state index in [-0.39, 0.29) is 40.6 Å². The summed E-state index contributed by atoms with van der Waals surface area (Å²) < 4.78 is 26.8. The minimum Gasteiger partial charge on any atom is -0.352 e. The van der Waals surface area contributed by atoms with Crippen molar-refractivity contribution in [3.63, 3.8) is 0 Å². The summed E-state index contributed by atoms with van der Waals surface area (Å²) in [6.45, 7) is -0.513. The van der Waals surface area contributed by atoms with E-state index in [2.05, 4.69) is 5.32 Å². The molecule has 0 spiro atoms. The van der Waals surface area contributed by atoms with Gasteiger partial charge in [-0.25, -0.2) is 8.42 Å². The number of halogens is 3. The van der Waals surface area contributed by atoms with Crippen molar-refractivity contribution in [3.05, 3.63) is 99.0 Å². The first-order valence-corrected chi connectivity index (χ1v) is 16.3. The number of carbonyl (C=O) groups is 2. The number of anilines is 1. The van der Waals surface area contributed by atoms with Crippen LogP contribution in [0, 0.1) is 0 Å². The summed E-state index contributed by atoms with van der Waals surface area (Å²) in [7, 11) is -3.96. The summed E-state index contributed by atoms with van der Waals surface area (Å²) in [4.78, 5) is 29.4. The number of benzene rings is 3. The van der Waals surface area contributed by atoms with Crippen molar-refractivity contribution in [3.8, 4) is 0 Å². The highest BCUT2D eigenvalue weighted by molar-refractivity contribution is 7.92. The van der Waals surface area contributed by atoms with Crippen molar-refractivity contribution >= 4 is 62.3 Å². The van der Waals surface area contributed by atoms with E-state index in [1.54, 1.807) is 30.3 Å². The molecule has 0 bridgehead atoms. The van der Waals surface area contributed by atoms with Gasteiger partial charge in [0, 0.05) is 24.0 Å². The van der Waals surface area contributed by atoms with Crippen molar-refractivity contribution in [2.75, 3.05) is 17.1 Å². The SMILES string of the molecule is CS(=O)(=O)N(CC(=O)N(Cc1ccc(Cl)cc1)[C@@H](Cc1ccccc1)C(=O)NC1CCCC1)c1cccc(Cl)c1Cl. The summed E-state index contributed by atoms with van der Waals surface area (Å²) in [5.74, 6) is -0.848. The first-order valence-electron chi connectivity index (χ1n) is 13.3. The highest BCUT2D eigenvalue weighted by atomic mass is 35.5. The van der Waals surface area contributed by atoms with E-state index in [1.165, 1.54) is 17.0 Å². The van der Waals surface area contributed by atoms with Crippen LogP contribution in [0.3, 0.4) is 0 Å². The van der Waals surface area contributed by atoms with Crippen LogP contribution in [0.4, 0.5) is 5.69 Å². The molecule has 4 rings (SSSR count). The molecule has 7 nitrogen and oxygen atoms in total. The molecular weight excluding hydrogens is 605 g/mol. The van der Waals surface area contributed by atoms with Gasteiger partial charge in [0.2, 0.25) is 21.8 Å². The van der Waals surface area contributed by atoms with Crippen molar-refractivity contribution < 1.29 is 18.0 Å². The maximum Gasteiger partial charge on any atom is 0.244 e. The lowest BCUT2D eigenvalue weighted by Crippen LogP contribution is -2.54. The molecule has 1 aliphatic carbocycles. The van der Waals surface area contributed by atoms with Gasteiger partial charge < -0.3 is 10.2 Å². The van der Waals surface area contributed by atoms with Gasteiger partial charge in [-0.05, 0) is 48.2 Å². The summed E-state index contributed by atoms with van der Waals surface area (Å²) in [5.41, 5.74) is 1.68. The zero-order chi connectivity index (χ0) is 29.6. The normalized spacial score (nSPS) is 14.4. The van der Waals surface area contributed by atoms with Crippen molar-refractivity contribution in [2.45, 2.75) is 50.7 Å². The number of carbonyl (C=O) groups excluding carboxylic acids is 2. The van der Waals surface area contributed by atoms with E-state index >= 15 is 0 Å². The molecule has 1 atom stereocenters. The Morgan fingerprint density at radius 3 is 2.20 bits per heavy atom. The zero-order valence-corrected chi connectivity index (χ0v) is 25.7. The molecule has 1 fully saturated rings. The fourth-order valence-corrected chi connectivity index (χ4v) is 6.42. The first-order chi connectivity index (χ1) is 19.5. The van der Waals surface area contributed by atoms with Gasteiger partial charge in [0.15, 0.2) is 0 Å².